The molecule has 1 N–H and O–H groups in total. The summed E-state index contributed by atoms with van der Waals surface area (Å²) in [5, 5.41) is 1.70. The second-order valence-corrected chi connectivity index (χ2v) is 8.34. The van der Waals surface area contributed by atoms with Crippen molar-refractivity contribution >= 4 is 23.5 Å². The summed E-state index contributed by atoms with van der Waals surface area (Å²) in [5.41, 5.74) is -1.53. The summed E-state index contributed by atoms with van der Waals surface area (Å²) in [6, 6.07) is 1.51. The van der Waals surface area contributed by atoms with Gasteiger partial charge in [0, 0.05) is 25.4 Å². The van der Waals surface area contributed by atoms with Gasteiger partial charge in [-0.1, -0.05) is 17.7 Å². The molecular weight excluding hydrogens is 490 g/mol. The Bertz CT molecular complexity index is 1190. The van der Waals surface area contributed by atoms with E-state index in [-0.39, 0.29) is 23.4 Å². The predicted molar refractivity (Wildman–Crippen MR) is 121 cm³/mol. The van der Waals surface area contributed by atoms with E-state index < -0.39 is 58.1 Å². The Kier molecular flexibility index (Phi) is 8.47. The minimum Gasteiger partial charge on any atom is -0.491 e. The highest BCUT2D eigenvalue weighted by Gasteiger charge is 2.36. The fourth-order valence-corrected chi connectivity index (χ4v) is 3.89. The van der Waals surface area contributed by atoms with Crippen LogP contribution in [-0.2, 0) is 20.8 Å². The van der Waals surface area contributed by atoms with Crippen LogP contribution in [0.2, 0.25) is 5.02 Å². The maximum Gasteiger partial charge on any atom is 0.359 e. The fourth-order valence-electron chi connectivity index (χ4n) is 3.71. The van der Waals surface area contributed by atoms with Gasteiger partial charge >= 0.3 is 5.97 Å². The molecule has 0 bridgehead atoms. The lowest BCUT2D eigenvalue weighted by atomic mass is 10.1. The van der Waals surface area contributed by atoms with Gasteiger partial charge in [-0.2, -0.15) is 0 Å². The van der Waals surface area contributed by atoms with E-state index in [1.54, 1.807) is 13.8 Å². The number of methoxy groups -OCH3 is 2. The van der Waals surface area contributed by atoms with Crippen molar-refractivity contribution in [1.82, 2.24) is 9.88 Å². The number of nitrogens with one attached hydrogen (secondary N) is 1. The number of esters is 1. The molecule has 1 fully saturated rings. The highest BCUT2D eigenvalue weighted by Crippen LogP contribution is 2.31. The number of ether oxygens (including phenoxy) is 4. The number of pyridine rings is 1. The molecule has 190 valence electrons. The van der Waals surface area contributed by atoms with Gasteiger partial charge in [0.05, 0.1) is 25.9 Å². The van der Waals surface area contributed by atoms with E-state index in [2.05, 4.69) is 5.32 Å². The molecule has 1 aliphatic rings. The average Bonchev–Trinajstić information content (AvgIpc) is 3.29. The number of carbonyl (C=O) groups excluding carboxylic acids is 2. The van der Waals surface area contributed by atoms with Crippen molar-refractivity contribution in [1.29, 1.82) is 0 Å². The summed E-state index contributed by atoms with van der Waals surface area (Å²) < 4.78 is 50.4. The molecule has 0 saturated carbocycles. The number of benzene rings is 1. The van der Waals surface area contributed by atoms with Crippen LogP contribution in [-0.4, -0.2) is 49.7 Å². The molecule has 0 spiro atoms. The molecule has 35 heavy (non-hydrogen) atoms. The number of nitrogens with zero attached hydrogens (tertiary/aromatic N) is 1. The smallest absolute Gasteiger partial charge is 0.359 e. The standard InChI is InChI=1S/C23H25ClF2N2O7/c1-11(2)35-22(31)18-20(32-3)19(29)13(10-28(18)15-7-8-34-23(15)33-4)21(30)27-9-12-5-6-14(25)16(24)17(12)26/h5-6,10-11,15,23H,7-9H2,1-4H3,(H,27,30)/t15-,23?/m1/s1. The molecule has 1 unspecified atom stereocenters. The molecule has 0 radical (unpaired) electrons. The van der Waals surface area contributed by atoms with Gasteiger partial charge in [-0.05, 0) is 26.3 Å². The van der Waals surface area contributed by atoms with Gasteiger partial charge in [0.15, 0.2) is 17.7 Å². The normalized spacial score (nSPS) is 17.5. The Morgan fingerprint density at radius 3 is 2.63 bits per heavy atom. The summed E-state index contributed by atoms with van der Waals surface area (Å²) in [7, 11) is 2.61. The van der Waals surface area contributed by atoms with E-state index in [1.165, 1.54) is 25.0 Å². The Balaban J connectivity index is 2.05. The first-order valence-electron chi connectivity index (χ1n) is 10.7. The van der Waals surface area contributed by atoms with Gasteiger partial charge in [0.2, 0.25) is 5.43 Å². The Morgan fingerprint density at radius 1 is 1.29 bits per heavy atom. The third-order valence-corrected chi connectivity index (χ3v) is 5.68. The molecule has 9 nitrogen and oxygen atoms in total. The summed E-state index contributed by atoms with van der Waals surface area (Å²) >= 11 is 5.58. The number of hydrogen-bond donors (Lipinski definition) is 1. The van der Waals surface area contributed by atoms with Crippen LogP contribution in [0, 0.1) is 11.6 Å². The quantitative estimate of drug-likeness (QED) is 0.426. The highest BCUT2D eigenvalue weighted by molar-refractivity contribution is 6.30. The van der Waals surface area contributed by atoms with Crippen molar-refractivity contribution < 1.29 is 37.3 Å². The van der Waals surface area contributed by atoms with Crippen LogP contribution in [0.3, 0.4) is 0 Å². The number of carbonyl (C=O) groups is 2. The zero-order valence-corrected chi connectivity index (χ0v) is 20.3. The van der Waals surface area contributed by atoms with Crippen molar-refractivity contribution in [3.8, 4) is 5.75 Å². The zero-order valence-electron chi connectivity index (χ0n) is 19.5. The van der Waals surface area contributed by atoms with Gasteiger partial charge in [-0.3, -0.25) is 9.59 Å². The van der Waals surface area contributed by atoms with Crippen molar-refractivity contribution in [2.45, 2.75) is 45.2 Å². The molecule has 1 aromatic heterocycles. The molecule has 1 saturated heterocycles. The third-order valence-electron chi connectivity index (χ3n) is 5.33. The first kappa shape index (κ1) is 26.6. The van der Waals surface area contributed by atoms with Crippen molar-refractivity contribution in [3.63, 3.8) is 0 Å². The number of halogens is 3. The van der Waals surface area contributed by atoms with Gasteiger partial charge in [0.25, 0.3) is 5.91 Å². The Morgan fingerprint density at radius 2 is 2.00 bits per heavy atom. The summed E-state index contributed by atoms with van der Waals surface area (Å²) in [5.74, 6) is -4.08. The number of hydrogen-bond acceptors (Lipinski definition) is 7. The van der Waals surface area contributed by atoms with Crippen LogP contribution in [0.15, 0.2) is 23.1 Å². The summed E-state index contributed by atoms with van der Waals surface area (Å²) in [4.78, 5) is 39.0. The first-order chi connectivity index (χ1) is 16.6. The molecule has 0 aliphatic carbocycles. The average molecular weight is 515 g/mol. The van der Waals surface area contributed by atoms with Crippen molar-refractivity contribution in [2.24, 2.45) is 0 Å². The SMILES string of the molecule is COc1c(C(=O)OC(C)C)n([C@@H]2CCOC2OC)cc(C(=O)NCc2ccc(F)c(Cl)c2F)c1=O. The Hall–Kier alpha value is -3.02. The molecule has 2 aromatic rings. The predicted octanol–water partition coefficient (Wildman–Crippen LogP) is 3.22. The second-order valence-electron chi connectivity index (χ2n) is 7.96. The van der Waals surface area contributed by atoms with E-state index in [0.29, 0.717) is 13.0 Å². The number of aromatic nitrogens is 1. The lowest BCUT2D eigenvalue weighted by molar-refractivity contribution is -0.106. The molecule has 1 amide bonds. The van der Waals surface area contributed by atoms with Crippen molar-refractivity contribution in [3.05, 3.63) is 62.0 Å². The first-order valence-corrected chi connectivity index (χ1v) is 11.1. The van der Waals surface area contributed by atoms with Gasteiger partial charge < -0.3 is 28.8 Å². The maximum atomic E-state index is 14.2. The fraction of sp³-hybridized carbons (Fsp3) is 0.435. The van der Waals surface area contributed by atoms with Crippen LogP contribution in [0.25, 0.3) is 0 Å². The third kappa shape index (κ3) is 5.47. The number of amides is 1. The maximum absolute atomic E-state index is 14.2. The molecule has 2 heterocycles. The van der Waals surface area contributed by atoms with E-state index in [4.69, 9.17) is 30.5 Å². The second kappa shape index (κ2) is 11.1. The lowest BCUT2D eigenvalue weighted by Gasteiger charge is -2.25. The molecule has 1 aromatic carbocycles. The summed E-state index contributed by atoms with van der Waals surface area (Å²) in [6.07, 6.45) is 0.344. The van der Waals surface area contributed by atoms with E-state index in [9.17, 15) is 23.2 Å². The largest absolute Gasteiger partial charge is 0.491 e. The minimum absolute atomic E-state index is 0.0854. The van der Waals surface area contributed by atoms with Gasteiger partial charge in [0.1, 0.15) is 22.2 Å². The minimum atomic E-state index is -1.03. The molecule has 2 atom stereocenters. The lowest BCUT2D eigenvalue weighted by Crippen LogP contribution is -2.35. The molecule has 12 heteroatoms. The molecular formula is C23H25ClF2N2O7. The van der Waals surface area contributed by atoms with Gasteiger partial charge in [-0.15, -0.1) is 0 Å². The molecule has 3 rings (SSSR count). The van der Waals surface area contributed by atoms with Crippen molar-refractivity contribution in [2.75, 3.05) is 20.8 Å². The van der Waals surface area contributed by atoms with Crippen LogP contribution >= 0.6 is 11.6 Å². The van der Waals surface area contributed by atoms with Crippen LogP contribution in [0.1, 0.15) is 52.7 Å². The van der Waals surface area contributed by atoms with Crippen LogP contribution < -0.4 is 15.5 Å². The van der Waals surface area contributed by atoms with E-state index >= 15 is 0 Å². The number of rotatable bonds is 8. The van der Waals surface area contributed by atoms with E-state index in [1.807, 2.05) is 0 Å². The highest BCUT2D eigenvalue weighted by atomic mass is 35.5. The van der Waals surface area contributed by atoms with Gasteiger partial charge in [-0.25, -0.2) is 13.6 Å². The van der Waals surface area contributed by atoms with Crippen LogP contribution in [0.4, 0.5) is 8.78 Å². The Labute approximate surface area is 204 Å². The topological polar surface area (TPSA) is 105 Å². The molecule has 1 aliphatic heterocycles. The summed E-state index contributed by atoms with van der Waals surface area (Å²) in [6.45, 7) is 3.22. The van der Waals surface area contributed by atoms with E-state index in [0.717, 1.165) is 12.1 Å². The monoisotopic (exact) mass is 514 g/mol. The zero-order chi connectivity index (χ0) is 25.9. The van der Waals surface area contributed by atoms with Crippen LogP contribution in [0.5, 0.6) is 5.75 Å².